The van der Waals surface area contributed by atoms with Crippen molar-refractivity contribution in [1.82, 2.24) is 19.5 Å². The van der Waals surface area contributed by atoms with Gasteiger partial charge < -0.3 is 13.4 Å². The number of fused-ring (bicyclic) bond motifs is 15. The van der Waals surface area contributed by atoms with Crippen molar-refractivity contribution in [2.45, 2.75) is 0 Å². The van der Waals surface area contributed by atoms with E-state index in [9.17, 15) is 0 Å². The summed E-state index contributed by atoms with van der Waals surface area (Å²) in [6.07, 6.45) is 0. The average Bonchev–Trinajstić information content (AvgIpc) is 4.47. The lowest BCUT2D eigenvalue weighted by Crippen LogP contribution is -2.00. The van der Waals surface area contributed by atoms with Crippen molar-refractivity contribution in [3.63, 3.8) is 0 Å². The van der Waals surface area contributed by atoms with Gasteiger partial charge in [0.05, 0.1) is 11.0 Å². The van der Waals surface area contributed by atoms with Gasteiger partial charge in [0, 0.05) is 95.0 Å². The Morgan fingerprint density at radius 1 is 0.299 bits per heavy atom. The summed E-state index contributed by atoms with van der Waals surface area (Å²) in [6, 6.07) is 82.1. The Kier molecular flexibility index (Phi) is 9.07. The largest absolute Gasteiger partial charge is 0.456 e. The maximum atomic E-state index is 6.67. The minimum Gasteiger partial charge on any atom is -0.456 e. The molecule has 0 spiro atoms. The zero-order valence-electron chi connectivity index (χ0n) is 40.9. The van der Waals surface area contributed by atoms with Gasteiger partial charge in [-0.15, -0.1) is 22.7 Å². The predicted octanol–water partition coefficient (Wildman–Crippen LogP) is 19.8. The Morgan fingerprint density at radius 2 is 0.857 bits per heavy atom. The highest BCUT2D eigenvalue weighted by molar-refractivity contribution is 7.26. The Balaban J connectivity index is 0.805. The first-order valence-corrected chi connectivity index (χ1v) is 27.4. The van der Waals surface area contributed by atoms with Crippen molar-refractivity contribution in [2.75, 3.05) is 0 Å². The molecule has 77 heavy (non-hydrogen) atoms. The molecule has 0 aliphatic rings. The topological polar surface area (TPSA) is 69.9 Å². The van der Waals surface area contributed by atoms with E-state index in [2.05, 4.69) is 205 Å². The van der Waals surface area contributed by atoms with E-state index in [1.165, 1.54) is 68.6 Å². The highest BCUT2D eigenvalue weighted by Gasteiger charge is 2.22. The lowest BCUT2D eigenvalue weighted by atomic mass is 9.98. The van der Waals surface area contributed by atoms with Crippen LogP contribution in [0.4, 0.5) is 0 Å². The van der Waals surface area contributed by atoms with Crippen molar-refractivity contribution in [2.24, 2.45) is 0 Å². The molecule has 0 bridgehead atoms. The third-order valence-corrected chi connectivity index (χ3v) is 17.9. The number of thiophene rings is 2. The van der Waals surface area contributed by atoms with Gasteiger partial charge in [0.25, 0.3) is 0 Å². The molecule has 6 heterocycles. The molecule has 6 nitrogen and oxygen atoms in total. The third kappa shape index (κ3) is 6.50. The number of rotatable bonds is 6. The molecule has 0 unspecified atom stereocenters. The van der Waals surface area contributed by atoms with Crippen LogP contribution < -0.4 is 0 Å². The van der Waals surface area contributed by atoms with Crippen LogP contribution in [0, 0.1) is 0 Å². The van der Waals surface area contributed by atoms with E-state index in [0.717, 1.165) is 82.1 Å². The van der Waals surface area contributed by atoms with Crippen molar-refractivity contribution < 1.29 is 8.83 Å². The molecule has 0 atom stereocenters. The highest BCUT2D eigenvalue weighted by atomic mass is 32.1. The van der Waals surface area contributed by atoms with Crippen molar-refractivity contribution in [1.29, 1.82) is 0 Å². The summed E-state index contributed by atoms with van der Waals surface area (Å²) in [4.78, 5) is 16.0. The number of para-hydroxylation sites is 3. The zero-order chi connectivity index (χ0) is 50.3. The molecule has 0 saturated heterocycles. The molecule has 0 aliphatic carbocycles. The fraction of sp³-hybridized carbons (Fsp3) is 0. The van der Waals surface area contributed by atoms with Gasteiger partial charge in [-0.1, -0.05) is 140 Å². The molecule has 0 saturated carbocycles. The molecule has 358 valence electrons. The fourth-order valence-corrected chi connectivity index (χ4v) is 14.4. The first-order valence-electron chi connectivity index (χ1n) is 25.7. The molecule has 0 radical (unpaired) electrons. The summed E-state index contributed by atoms with van der Waals surface area (Å²) >= 11 is 3.63. The maximum Gasteiger partial charge on any atom is 0.165 e. The van der Waals surface area contributed by atoms with Gasteiger partial charge in [-0.2, -0.15) is 0 Å². The molecule has 11 aromatic carbocycles. The fourth-order valence-electron chi connectivity index (χ4n) is 11.9. The summed E-state index contributed by atoms with van der Waals surface area (Å²) in [7, 11) is 0. The van der Waals surface area contributed by atoms with E-state index in [0.29, 0.717) is 17.5 Å². The Bertz CT molecular complexity index is 5310. The van der Waals surface area contributed by atoms with Gasteiger partial charge in [-0.25, -0.2) is 15.0 Å². The quantitative estimate of drug-likeness (QED) is 0.166. The summed E-state index contributed by atoms with van der Waals surface area (Å²) < 4.78 is 20.3. The van der Waals surface area contributed by atoms with E-state index in [1.807, 2.05) is 41.7 Å². The minimum atomic E-state index is 0.562. The Hall–Kier alpha value is -9.73. The molecule has 0 amide bonds. The van der Waals surface area contributed by atoms with E-state index in [4.69, 9.17) is 23.8 Å². The predicted molar refractivity (Wildman–Crippen MR) is 322 cm³/mol. The normalized spacial score (nSPS) is 12.2. The molecule has 6 aromatic heterocycles. The van der Waals surface area contributed by atoms with Crippen LogP contribution in [-0.2, 0) is 0 Å². The van der Waals surface area contributed by atoms with E-state index >= 15 is 0 Å². The molecule has 17 rings (SSSR count). The Labute approximate surface area is 447 Å². The third-order valence-electron chi connectivity index (χ3n) is 15.5. The number of hydrogen-bond acceptors (Lipinski definition) is 7. The van der Waals surface area contributed by atoms with Gasteiger partial charge in [-0.05, 0) is 113 Å². The second-order valence-electron chi connectivity index (χ2n) is 19.8. The van der Waals surface area contributed by atoms with Gasteiger partial charge in [0.2, 0.25) is 0 Å². The summed E-state index contributed by atoms with van der Waals surface area (Å²) in [5.41, 5.74) is 14.1. The van der Waals surface area contributed by atoms with E-state index in [-0.39, 0.29) is 0 Å². The van der Waals surface area contributed by atoms with Crippen LogP contribution in [0.15, 0.2) is 239 Å². The van der Waals surface area contributed by atoms with Gasteiger partial charge in [-0.3, -0.25) is 0 Å². The zero-order valence-corrected chi connectivity index (χ0v) is 42.5. The molecule has 0 aliphatic heterocycles. The maximum absolute atomic E-state index is 6.67. The van der Waals surface area contributed by atoms with Crippen LogP contribution in [0.25, 0.3) is 168 Å². The Morgan fingerprint density at radius 3 is 1.74 bits per heavy atom. The summed E-state index contributed by atoms with van der Waals surface area (Å²) in [6.45, 7) is 0. The first-order chi connectivity index (χ1) is 38.1. The highest BCUT2D eigenvalue weighted by Crippen LogP contribution is 2.46. The lowest BCUT2D eigenvalue weighted by Gasteiger charge is -2.10. The molecule has 0 fully saturated rings. The van der Waals surface area contributed by atoms with Crippen LogP contribution in [-0.4, -0.2) is 19.5 Å². The number of hydrogen-bond donors (Lipinski definition) is 0. The minimum absolute atomic E-state index is 0.562. The monoisotopic (exact) mass is 1020 g/mol. The smallest absolute Gasteiger partial charge is 0.165 e. The van der Waals surface area contributed by atoms with Gasteiger partial charge in [0.1, 0.15) is 22.3 Å². The second kappa shape index (κ2) is 16.4. The number of furan rings is 2. The first kappa shape index (κ1) is 42.6. The van der Waals surface area contributed by atoms with Gasteiger partial charge in [0.15, 0.2) is 17.5 Å². The lowest BCUT2D eigenvalue weighted by molar-refractivity contribution is 0.668. The van der Waals surface area contributed by atoms with Crippen LogP contribution in [0.5, 0.6) is 0 Å². The summed E-state index contributed by atoms with van der Waals surface area (Å²) in [5, 5.41) is 11.5. The number of benzene rings is 11. The van der Waals surface area contributed by atoms with Crippen LogP contribution in [0.3, 0.4) is 0 Å². The van der Waals surface area contributed by atoms with Crippen molar-refractivity contribution in [3.05, 3.63) is 231 Å². The molecule has 17 aromatic rings. The van der Waals surface area contributed by atoms with E-state index in [1.54, 1.807) is 11.3 Å². The van der Waals surface area contributed by atoms with Crippen LogP contribution in [0.2, 0.25) is 0 Å². The van der Waals surface area contributed by atoms with Crippen LogP contribution >= 0.6 is 22.7 Å². The SMILES string of the molecule is c1ccc(-n2c3ccccc3c3cc(-c4cccc5c4sc4ccc(-c6ccc7oc8cccc(-c9nc(-c%10ccc%11c(c%10)oc%10ccccc%10%11)nc(-c%10cccc%11c%10sc%10ccccc%10%11)n9)c8c7c6)cc45)ccc32)cc1. The second-order valence-corrected chi connectivity index (χ2v) is 21.9. The van der Waals surface area contributed by atoms with Crippen molar-refractivity contribution in [3.8, 4) is 62.1 Å². The molecular weight excluding hydrogens is 981 g/mol. The summed E-state index contributed by atoms with van der Waals surface area (Å²) in [5.74, 6) is 1.73. The standard InChI is InChI=1S/C69H38N4O2S2/c1-2-13-43(14-3-1)73-56-23-7-4-15-45(56)53-37-41(28-32-57(53)73)44-18-10-20-50-54-35-40(30-34-63(54)77-65(44)50)39-29-33-59-55(36-39)64-51(21-12-25-60(64)74-59)68-70-67(42-27-31-47-46-16-5-8-24-58(46)75-61(47)38-42)71-69(72-68)52-22-11-19-49-48-17-6-9-26-62(48)76-66(49)52/h1-38H. The molecule has 8 heteroatoms. The number of nitrogens with zero attached hydrogens (tertiary/aromatic N) is 4. The van der Waals surface area contributed by atoms with Gasteiger partial charge >= 0.3 is 0 Å². The average molecular weight is 1020 g/mol. The molecular formula is C69H38N4O2S2. The van der Waals surface area contributed by atoms with Crippen molar-refractivity contribution >= 4 is 129 Å². The van der Waals surface area contributed by atoms with Crippen LogP contribution in [0.1, 0.15) is 0 Å². The van der Waals surface area contributed by atoms with E-state index < -0.39 is 0 Å². The number of aromatic nitrogens is 4. The molecule has 0 N–H and O–H groups in total.